The van der Waals surface area contributed by atoms with Gasteiger partial charge in [-0.05, 0) is 24.3 Å². The molecule has 0 bridgehead atoms. The molecule has 0 atom stereocenters. The molecule has 0 saturated carbocycles. The highest BCUT2D eigenvalue weighted by molar-refractivity contribution is 5.94. The summed E-state index contributed by atoms with van der Waals surface area (Å²) in [6.07, 6.45) is 1.71. The minimum Gasteiger partial charge on any atom is -0.490 e. The fourth-order valence-corrected chi connectivity index (χ4v) is 4.27. The lowest BCUT2D eigenvalue weighted by molar-refractivity contribution is -0.929. The third-order valence-electron chi connectivity index (χ3n) is 5.84. The Morgan fingerprint density at radius 2 is 1.45 bits per heavy atom. The van der Waals surface area contributed by atoms with Gasteiger partial charge in [-0.2, -0.15) is 0 Å². The number of amides is 1. The van der Waals surface area contributed by atoms with E-state index >= 15 is 0 Å². The Bertz CT molecular complexity index is 939. The molecule has 0 aliphatic carbocycles. The lowest BCUT2D eigenvalue weighted by Crippen LogP contribution is -3.15. The molecular formula is C27H29N2O2+. The molecule has 1 amide bonds. The van der Waals surface area contributed by atoms with Gasteiger partial charge in [0.15, 0.2) is 0 Å². The third-order valence-corrected chi connectivity index (χ3v) is 5.84. The Labute approximate surface area is 184 Å². The van der Waals surface area contributed by atoms with Crippen molar-refractivity contribution in [2.24, 2.45) is 0 Å². The van der Waals surface area contributed by atoms with Crippen LogP contribution in [0.4, 0.5) is 0 Å². The molecule has 0 unspecified atom stereocenters. The van der Waals surface area contributed by atoms with Gasteiger partial charge >= 0.3 is 0 Å². The minimum atomic E-state index is 0.0882. The molecule has 158 valence electrons. The summed E-state index contributed by atoms with van der Waals surface area (Å²) in [4.78, 5) is 16.5. The fraction of sp³-hybridized carbons (Fsp3) is 0.222. The van der Waals surface area contributed by atoms with Crippen LogP contribution in [0.15, 0.2) is 97.6 Å². The van der Waals surface area contributed by atoms with Crippen molar-refractivity contribution < 1.29 is 14.4 Å². The SMILES string of the molecule is C=CCOc1ccc(C(=O)N2CC[NH+](C(c3ccccc3)c3ccccc3)CC2)cc1. The van der Waals surface area contributed by atoms with E-state index in [2.05, 4.69) is 67.2 Å². The molecule has 1 N–H and O–H groups in total. The number of benzene rings is 3. The Kier molecular flexibility index (Phi) is 6.80. The zero-order valence-electron chi connectivity index (χ0n) is 17.7. The van der Waals surface area contributed by atoms with Gasteiger partial charge in [0, 0.05) is 16.7 Å². The van der Waals surface area contributed by atoms with Crippen LogP contribution in [0.25, 0.3) is 0 Å². The zero-order valence-corrected chi connectivity index (χ0v) is 17.7. The first-order valence-corrected chi connectivity index (χ1v) is 10.8. The molecule has 31 heavy (non-hydrogen) atoms. The lowest BCUT2D eigenvalue weighted by atomic mass is 9.96. The van der Waals surface area contributed by atoms with E-state index in [0.717, 1.165) is 31.9 Å². The number of rotatable bonds is 7. The van der Waals surface area contributed by atoms with Gasteiger partial charge in [-0.1, -0.05) is 73.3 Å². The predicted octanol–water partition coefficient (Wildman–Crippen LogP) is 3.38. The third kappa shape index (κ3) is 5.04. The number of hydrogen-bond acceptors (Lipinski definition) is 2. The van der Waals surface area contributed by atoms with Gasteiger partial charge < -0.3 is 14.5 Å². The van der Waals surface area contributed by atoms with Gasteiger partial charge in [0.1, 0.15) is 18.4 Å². The van der Waals surface area contributed by atoms with Crippen molar-refractivity contribution in [2.45, 2.75) is 6.04 Å². The first-order valence-electron chi connectivity index (χ1n) is 10.8. The van der Waals surface area contributed by atoms with Gasteiger partial charge in [0.25, 0.3) is 5.91 Å². The number of carbonyl (C=O) groups is 1. The second kappa shape index (κ2) is 10.1. The standard InChI is InChI=1S/C27H28N2O2/c1-2-21-31-25-15-13-24(14-16-25)27(30)29-19-17-28(18-20-29)26(22-9-5-3-6-10-22)23-11-7-4-8-12-23/h2-16,26H,1,17-21H2/p+1. The summed E-state index contributed by atoms with van der Waals surface area (Å²) >= 11 is 0. The van der Waals surface area contributed by atoms with E-state index in [0.29, 0.717) is 12.2 Å². The van der Waals surface area contributed by atoms with E-state index in [-0.39, 0.29) is 11.9 Å². The molecule has 1 heterocycles. The van der Waals surface area contributed by atoms with Crippen LogP contribution in [0.1, 0.15) is 27.5 Å². The van der Waals surface area contributed by atoms with Crippen molar-refractivity contribution in [1.82, 2.24) is 4.90 Å². The van der Waals surface area contributed by atoms with Crippen LogP contribution in [-0.2, 0) is 0 Å². The smallest absolute Gasteiger partial charge is 0.254 e. The monoisotopic (exact) mass is 413 g/mol. The number of carbonyl (C=O) groups excluding carboxylic acids is 1. The number of nitrogens with zero attached hydrogens (tertiary/aromatic N) is 1. The van der Waals surface area contributed by atoms with E-state index in [1.54, 1.807) is 6.08 Å². The Balaban J connectivity index is 1.44. The van der Waals surface area contributed by atoms with Crippen LogP contribution < -0.4 is 9.64 Å². The summed E-state index contributed by atoms with van der Waals surface area (Å²) < 4.78 is 5.51. The molecular weight excluding hydrogens is 384 g/mol. The van der Waals surface area contributed by atoms with Crippen molar-refractivity contribution >= 4 is 5.91 Å². The average molecular weight is 414 g/mol. The van der Waals surface area contributed by atoms with E-state index in [1.807, 2.05) is 29.2 Å². The van der Waals surface area contributed by atoms with Crippen LogP contribution >= 0.6 is 0 Å². The molecule has 4 heteroatoms. The molecule has 1 fully saturated rings. The summed E-state index contributed by atoms with van der Waals surface area (Å²) in [6.45, 7) is 7.45. The highest BCUT2D eigenvalue weighted by atomic mass is 16.5. The molecule has 1 aliphatic heterocycles. The number of piperazine rings is 1. The maximum absolute atomic E-state index is 13.0. The normalized spacial score (nSPS) is 14.4. The summed E-state index contributed by atoms with van der Waals surface area (Å²) in [6, 6.07) is 29.0. The number of ether oxygens (including phenoxy) is 1. The molecule has 1 aliphatic rings. The van der Waals surface area contributed by atoms with Gasteiger partial charge in [0.2, 0.25) is 0 Å². The van der Waals surface area contributed by atoms with E-state index < -0.39 is 0 Å². The highest BCUT2D eigenvalue weighted by Crippen LogP contribution is 2.20. The number of nitrogens with one attached hydrogen (secondary N) is 1. The molecule has 4 rings (SSSR count). The van der Waals surface area contributed by atoms with Crippen molar-refractivity contribution in [3.63, 3.8) is 0 Å². The summed E-state index contributed by atoms with van der Waals surface area (Å²) in [7, 11) is 0. The van der Waals surface area contributed by atoms with Crippen molar-refractivity contribution in [2.75, 3.05) is 32.8 Å². The fourth-order valence-electron chi connectivity index (χ4n) is 4.27. The molecule has 1 saturated heterocycles. The maximum Gasteiger partial charge on any atom is 0.254 e. The average Bonchev–Trinajstić information content (AvgIpc) is 2.85. The second-order valence-electron chi connectivity index (χ2n) is 7.83. The minimum absolute atomic E-state index is 0.0882. The zero-order chi connectivity index (χ0) is 21.5. The predicted molar refractivity (Wildman–Crippen MR) is 123 cm³/mol. The van der Waals surface area contributed by atoms with E-state index in [1.165, 1.54) is 16.0 Å². The van der Waals surface area contributed by atoms with E-state index in [4.69, 9.17) is 4.74 Å². The quantitative estimate of drug-likeness (QED) is 0.603. The van der Waals surface area contributed by atoms with Gasteiger partial charge in [0.05, 0.1) is 26.2 Å². The van der Waals surface area contributed by atoms with Crippen LogP contribution in [0.5, 0.6) is 5.75 Å². The van der Waals surface area contributed by atoms with Crippen LogP contribution in [-0.4, -0.2) is 43.6 Å². The van der Waals surface area contributed by atoms with Crippen molar-refractivity contribution in [3.05, 3.63) is 114 Å². The van der Waals surface area contributed by atoms with Gasteiger partial charge in [-0.25, -0.2) is 0 Å². The van der Waals surface area contributed by atoms with Crippen LogP contribution in [0.2, 0.25) is 0 Å². The van der Waals surface area contributed by atoms with Gasteiger partial charge in [-0.15, -0.1) is 0 Å². The lowest BCUT2D eigenvalue weighted by Gasteiger charge is -2.37. The largest absolute Gasteiger partial charge is 0.490 e. The van der Waals surface area contributed by atoms with Crippen LogP contribution in [0, 0.1) is 0 Å². The number of hydrogen-bond donors (Lipinski definition) is 1. The molecule has 0 spiro atoms. The second-order valence-corrected chi connectivity index (χ2v) is 7.83. The van der Waals surface area contributed by atoms with E-state index in [9.17, 15) is 4.79 Å². The molecule has 0 aromatic heterocycles. The Morgan fingerprint density at radius 1 is 0.903 bits per heavy atom. The molecule has 3 aromatic carbocycles. The summed E-state index contributed by atoms with van der Waals surface area (Å²) in [5, 5.41) is 0. The first-order chi connectivity index (χ1) is 15.3. The topological polar surface area (TPSA) is 34.0 Å². The Hall–Kier alpha value is -3.37. The Morgan fingerprint density at radius 3 is 1.97 bits per heavy atom. The van der Waals surface area contributed by atoms with Gasteiger partial charge in [-0.3, -0.25) is 4.79 Å². The maximum atomic E-state index is 13.0. The first kappa shape index (κ1) is 20.9. The molecule has 3 aromatic rings. The summed E-state index contributed by atoms with van der Waals surface area (Å²) in [5.41, 5.74) is 3.34. The molecule has 4 nitrogen and oxygen atoms in total. The number of quaternary nitrogens is 1. The molecule has 0 radical (unpaired) electrons. The van der Waals surface area contributed by atoms with Crippen molar-refractivity contribution in [1.29, 1.82) is 0 Å². The summed E-state index contributed by atoms with van der Waals surface area (Å²) in [5.74, 6) is 0.838. The van der Waals surface area contributed by atoms with Crippen LogP contribution in [0.3, 0.4) is 0 Å². The van der Waals surface area contributed by atoms with Crippen molar-refractivity contribution in [3.8, 4) is 5.75 Å². The highest BCUT2D eigenvalue weighted by Gasteiger charge is 2.31.